The van der Waals surface area contributed by atoms with Crippen LogP contribution in [0, 0.1) is 0 Å². The Balaban J connectivity index is 1.40. The van der Waals surface area contributed by atoms with E-state index in [1.54, 1.807) is 0 Å². The lowest BCUT2D eigenvalue weighted by Crippen LogP contribution is -2.40. The molecule has 10 heteroatoms. The van der Waals surface area contributed by atoms with Gasteiger partial charge in [-0.2, -0.15) is 4.31 Å². The fraction of sp³-hybridized carbons (Fsp3) is 0.250. The zero-order valence-electron chi connectivity index (χ0n) is 18.3. The maximum Gasteiger partial charge on any atom is 0.252 e. The molecule has 34 heavy (non-hydrogen) atoms. The van der Waals surface area contributed by atoms with Crippen LogP contribution in [0.5, 0.6) is 0 Å². The number of benzene rings is 2. The maximum atomic E-state index is 13.1. The molecule has 3 N–H and O–H groups in total. The number of fused-ring (bicyclic) bond motifs is 2. The smallest absolute Gasteiger partial charge is 0.252 e. The number of hydrogen-bond acceptors (Lipinski definition) is 5. The van der Waals surface area contributed by atoms with E-state index in [1.807, 2.05) is 30.5 Å². The first-order valence-corrected chi connectivity index (χ1v) is 12.5. The van der Waals surface area contributed by atoms with Gasteiger partial charge >= 0.3 is 0 Å². The predicted molar refractivity (Wildman–Crippen MR) is 128 cm³/mol. The largest absolute Gasteiger partial charge is 0.379 e. The van der Waals surface area contributed by atoms with Gasteiger partial charge in [-0.1, -0.05) is 18.2 Å². The summed E-state index contributed by atoms with van der Waals surface area (Å²) in [5.41, 5.74) is 2.20. The number of pyridine rings is 1. The van der Waals surface area contributed by atoms with Gasteiger partial charge in [0.25, 0.3) is 5.91 Å². The number of ether oxygens (including phenoxy) is 1. The van der Waals surface area contributed by atoms with Crippen LogP contribution in [0.2, 0.25) is 0 Å². The third kappa shape index (κ3) is 4.23. The van der Waals surface area contributed by atoms with E-state index in [4.69, 9.17) is 4.74 Å². The molecule has 5 rings (SSSR count). The first kappa shape index (κ1) is 22.3. The highest BCUT2D eigenvalue weighted by Crippen LogP contribution is 2.24. The van der Waals surface area contributed by atoms with Crippen LogP contribution in [0.15, 0.2) is 64.4 Å². The van der Waals surface area contributed by atoms with Gasteiger partial charge in [0, 0.05) is 53.7 Å². The van der Waals surface area contributed by atoms with Crippen molar-refractivity contribution >= 4 is 37.7 Å². The number of rotatable bonds is 6. The van der Waals surface area contributed by atoms with E-state index in [-0.39, 0.29) is 23.5 Å². The van der Waals surface area contributed by atoms with Crippen LogP contribution >= 0.6 is 0 Å². The number of hydrogen-bond donors (Lipinski definition) is 3. The summed E-state index contributed by atoms with van der Waals surface area (Å²) in [6.45, 7) is 1.58. The average Bonchev–Trinajstić information content (AvgIpc) is 3.26. The van der Waals surface area contributed by atoms with Gasteiger partial charge < -0.3 is 20.0 Å². The molecule has 2 aromatic heterocycles. The predicted octanol–water partition coefficient (Wildman–Crippen LogP) is 2.00. The Morgan fingerprint density at radius 2 is 1.82 bits per heavy atom. The molecule has 0 radical (unpaired) electrons. The number of amides is 1. The number of aromatic amines is 2. The van der Waals surface area contributed by atoms with Crippen molar-refractivity contribution in [2.45, 2.75) is 11.3 Å². The monoisotopic (exact) mass is 480 g/mol. The van der Waals surface area contributed by atoms with Gasteiger partial charge in [-0.3, -0.25) is 9.59 Å². The van der Waals surface area contributed by atoms with Crippen molar-refractivity contribution in [1.82, 2.24) is 19.6 Å². The van der Waals surface area contributed by atoms with Gasteiger partial charge in [0.2, 0.25) is 15.6 Å². The molecule has 0 atom stereocenters. The van der Waals surface area contributed by atoms with Crippen LogP contribution in [-0.2, 0) is 21.2 Å². The van der Waals surface area contributed by atoms with E-state index < -0.39 is 21.5 Å². The number of carbonyl (C=O) groups excluding carboxylic acids is 1. The minimum absolute atomic E-state index is 0.0711. The second kappa shape index (κ2) is 9.05. The molecule has 0 unspecified atom stereocenters. The number of carbonyl (C=O) groups is 1. The number of H-pyrrole nitrogens is 2. The second-order valence-electron chi connectivity index (χ2n) is 8.14. The molecule has 0 bridgehead atoms. The van der Waals surface area contributed by atoms with E-state index in [1.165, 1.54) is 28.6 Å². The van der Waals surface area contributed by atoms with Crippen molar-refractivity contribution in [3.63, 3.8) is 0 Å². The zero-order valence-corrected chi connectivity index (χ0v) is 19.2. The number of morpholine rings is 1. The molecule has 0 aliphatic carbocycles. The molecule has 1 saturated heterocycles. The molecule has 2 aromatic carbocycles. The summed E-state index contributed by atoms with van der Waals surface area (Å²) in [7, 11) is -3.75. The van der Waals surface area contributed by atoms with E-state index in [2.05, 4.69) is 15.3 Å². The van der Waals surface area contributed by atoms with E-state index in [9.17, 15) is 18.0 Å². The number of aromatic nitrogens is 2. The summed E-state index contributed by atoms with van der Waals surface area (Å²) in [6, 6.07) is 13.5. The first-order valence-electron chi connectivity index (χ1n) is 11.0. The fourth-order valence-corrected chi connectivity index (χ4v) is 5.70. The van der Waals surface area contributed by atoms with E-state index in [0.29, 0.717) is 37.1 Å². The molecule has 1 amide bonds. The molecule has 1 fully saturated rings. The Morgan fingerprint density at radius 3 is 2.65 bits per heavy atom. The lowest BCUT2D eigenvalue weighted by atomic mass is 10.1. The summed E-state index contributed by atoms with van der Waals surface area (Å²) in [6.07, 6.45) is 2.52. The Morgan fingerprint density at radius 1 is 1.03 bits per heavy atom. The first-order chi connectivity index (χ1) is 16.4. The molecular formula is C24H24N4O5S. The van der Waals surface area contributed by atoms with Crippen molar-refractivity contribution < 1.29 is 17.9 Å². The van der Waals surface area contributed by atoms with Crippen LogP contribution in [0.3, 0.4) is 0 Å². The fourth-order valence-electron chi connectivity index (χ4n) is 4.26. The van der Waals surface area contributed by atoms with Gasteiger partial charge in [0.1, 0.15) is 0 Å². The topological polar surface area (TPSA) is 124 Å². The highest BCUT2D eigenvalue weighted by molar-refractivity contribution is 7.89. The summed E-state index contributed by atoms with van der Waals surface area (Å²) in [4.78, 5) is 31.1. The second-order valence-corrected chi connectivity index (χ2v) is 10.1. The van der Waals surface area contributed by atoms with Gasteiger partial charge in [-0.15, -0.1) is 0 Å². The molecule has 0 spiro atoms. The van der Waals surface area contributed by atoms with E-state index >= 15 is 0 Å². The third-order valence-corrected chi connectivity index (χ3v) is 7.92. The van der Waals surface area contributed by atoms with Crippen LogP contribution < -0.4 is 10.9 Å². The van der Waals surface area contributed by atoms with Crippen molar-refractivity contribution in [2.24, 2.45) is 0 Å². The van der Waals surface area contributed by atoms with Crippen molar-refractivity contribution in [3.05, 3.63) is 76.2 Å². The third-order valence-electron chi connectivity index (χ3n) is 6.02. The molecule has 1 aliphatic heterocycles. The number of nitrogens with one attached hydrogen (secondary N) is 3. The SMILES string of the molecule is O=C(NCCc1c[nH]c2ccccc12)c1cc(=O)[nH]c2ccc(S(=O)(=O)N3CCOCC3)cc12. The highest BCUT2D eigenvalue weighted by Gasteiger charge is 2.27. The number of sulfonamides is 1. The van der Waals surface area contributed by atoms with Crippen LogP contribution in [-0.4, -0.2) is 61.4 Å². The Bertz CT molecular complexity index is 1530. The van der Waals surface area contributed by atoms with Gasteiger partial charge in [0.15, 0.2) is 0 Å². The minimum Gasteiger partial charge on any atom is -0.379 e. The lowest BCUT2D eigenvalue weighted by Gasteiger charge is -2.26. The Kier molecular flexibility index (Phi) is 5.94. The Hall–Kier alpha value is -3.47. The molecule has 0 saturated carbocycles. The minimum atomic E-state index is -3.75. The number of para-hydroxylation sites is 1. The summed E-state index contributed by atoms with van der Waals surface area (Å²) >= 11 is 0. The normalized spacial score (nSPS) is 15.1. The van der Waals surface area contributed by atoms with Crippen LogP contribution in [0.25, 0.3) is 21.8 Å². The van der Waals surface area contributed by atoms with Gasteiger partial charge in [-0.05, 0) is 36.2 Å². The molecule has 3 heterocycles. The molecule has 176 valence electrons. The molecule has 9 nitrogen and oxygen atoms in total. The molecular weight excluding hydrogens is 456 g/mol. The van der Waals surface area contributed by atoms with Gasteiger partial charge in [0.05, 0.1) is 23.7 Å². The standard InChI is InChI=1S/C24H24N4O5S/c29-23-14-20(24(30)25-8-7-16-15-26-21-4-2-1-3-18(16)21)19-13-17(5-6-22(19)27-23)34(31,32)28-9-11-33-12-10-28/h1-6,13-15,26H,7-12H2,(H,25,30)(H,27,29). The number of nitrogens with zero attached hydrogens (tertiary/aromatic N) is 1. The quantitative estimate of drug-likeness (QED) is 0.389. The summed E-state index contributed by atoms with van der Waals surface area (Å²) in [5, 5.41) is 4.33. The van der Waals surface area contributed by atoms with Crippen molar-refractivity contribution in [3.8, 4) is 0 Å². The summed E-state index contributed by atoms with van der Waals surface area (Å²) < 4.78 is 32.8. The van der Waals surface area contributed by atoms with Crippen LogP contribution in [0.4, 0.5) is 0 Å². The molecule has 1 aliphatic rings. The van der Waals surface area contributed by atoms with Gasteiger partial charge in [-0.25, -0.2) is 8.42 Å². The van der Waals surface area contributed by atoms with Crippen LogP contribution in [0.1, 0.15) is 15.9 Å². The Labute approximate surface area is 195 Å². The highest BCUT2D eigenvalue weighted by atomic mass is 32.2. The molecule has 4 aromatic rings. The van der Waals surface area contributed by atoms with E-state index in [0.717, 1.165) is 16.5 Å². The van der Waals surface area contributed by atoms with Crippen molar-refractivity contribution in [1.29, 1.82) is 0 Å². The average molecular weight is 481 g/mol. The zero-order chi connectivity index (χ0) is 23.7. The maximum absolute atomic E-state index is 13.1. The van der Waals surface area contributed by atoms with Crippen molar-refractivity contribution in [2.75, 3.05) is 32.8 Å². The summed E-state index contributed by atoms with van der Waals surface area (Å²) in [5.74, 6) is -0.433. The lowest BCUT2D eigenvalue weighted by molar-refractivity contribution is 0.0730.